The Morgan fingerprint density at radius 1 is 1.19 bits per heavy atom. The number of anilines is 2. The second-order valence-corrected chi connectivity index (χ2v) is 4.55. The van der Waals surface area contributed by atoms with Crippen molar-refractivity contribution in [1.29, 1.82) is 0 Å². The van der Waals surface area contributed by atoms with E-state index in [1.54, 1.807) is 6.33 Å². The van der Waals surface area contributed by atoms with Crippen LogP contribution in [0.3, 0.4) is 0 Å². The van der Waals surface area contributed by atoms with E-state index in [-0.39, 0.29) is 0 Å². The highest BCUT2D eigenvalue weighted by Crippen LogP contribution is 2.21. The van der Waals surface area contributed by atoms with E-state index < -0.39 is 0 Å². The number of nitrogens with zero attached hydrogens (tertiary/aromatic N) is 5. The van der Waals surface area contributed by atoms with Crippen LogP contribution in [0, 0.1) is 0 Å². The Morgan fingerprint density at radius 3 is 2.86 bits per heavy atom. The van der Waals surface area contributed by atoms with Gasteiger partial charge in [-0.3, -0.25) is 0 Å². The molecule has 0 bridgehead atoms. The first-order valence-electron chi connectivity index (χ1n) is 6.87. The number of rotatable bonds is 5. The molecular formula is C14H17N7. The Balaban J connectivity index is 1.92. The largest absolute Gasteiger partial charge is 0.362 e. The molecule has 21 heavy (non-hydrogen) atoms. The fourth-order valence-electron chi connectivity index (χ4n) is 2.17. The van der Waals surface area contributed by atoms with Crippen LogP contribution in [0.4, 0.5) is 11.8 Å². The SMILES string of the molecule is CCn1cnnc1CNc1nc(NC)nc2ccccc12. The highest BCUT2D eigenvalue weighted by Gasteiger charge is 2.08. The van der Waals surface area contributed by atoms with Crippen LogP contribution in [-0.2, 0) is 13.1 Å². The minimum Gasteiger partial charge on any atom is -0.362 e. The second-order valence-electron chi connectivity index (χ2n) is 4.55. The van der Waals surface area contributed by atoms with Crippen molar-refractivity contribution < 1.29 is 0 Å². The summed E-state index contributed by atoms with van der Waals surface area (Å²) in [7, 11) is 1.81. The highest BCUT2D eigenvalue weighted by atomic mass is 15.3. The number of aryl methyl sites for hydroxylation is 1. The molecule has 0 amide bonds. The quantitative estimate of drug-likeness (QED) is 0.744. The Bertz CT molecular complexity index is 750. The van der Waals surface area contributed by atoms with E-state index in [0.717, 1.165) is 29.1 Å². The van der Waals surface area contributed by atoms with Crippen molar-refractivity contribution in [1.82, 2.24) is 24.7 Å². The van der Waals surface area contributed by atoms with Crippen LogP contribution in [0.2, 0.25) is 0 Å². The summed E-state index contributed by atoms with van der Waals surface area (Å²) in [6, 6.07) is 7.91. The van der Waals surface area contributed by atoms with E-state index in [4.69, 9.17) is 0 Å². The molecule has 1 aromatic carbocycles. The standard InChI is InChI=1S/C14H17N7/c1-3-21-9-17-20-12(21)8-16-13-10-6-4-5-7-11(10)18-14(15-2)19-13/h4-7,9H,3,8H2,1-2H3,(H2,15,16,18,19). The van der Waals surface area contributed by atoms with E-state index in [2.05, 4.69) is 37.7 Å². The molecule has 0 saturated carbocycles. The van der Waals surface area contributed by atoms with Gasteiger partial charge in [0.2, 0.25) is 5.95 Å². The zero-order valence-corrected chi connectivity index (χ0v) is 12.0. The van der Waals surface area contributed by atoms with Crippen molar-refractivity contribution in [3.05, 3.63) is 36.4 Å². The van der Waals surface area contributed by atoms with Crippen molar-refractivity contribution in [2.75, 3.05) is 17.7 Å². The van der Waals surface area contributed by atoms with E-state index >= 15 is 0 Å². The summed E-state index contributed by atoms with van der Waals surface area (Å²) in [5, 5.41) is 15.3. The number of aromatic nitrogens is 5. The molecule has 2 heterocycles. The third kappa shape index (κ3) is 2.62. The van der Waals surface area contributed by atoms with E-state index in [1.165, 1.54) is 0 Å². The number of fused-ring (bicyclic) bond motifs is 1. The number of para-hydroxylation sites is 1. The van der Waals surface area contributed by atoms with Gasteiger partial charge in [0, 0.05) is 19.0 Å². The summed E-state index contributed by atoms with van der Waals surface area (Å²) in [6.45, 7) is 3.47. The first kappa shape index (κ1) is 13.3. The van der Waals surface area contributed by atoms with Gasteiger partial charge in [-0.1, -0.05) is 12.1 Å². The molecule has 7 nitrogen and oxygen atoms in total. The van der Waals surface area contributed by atoms with Crippen LogP contribution in [0.1, 0.15) is 12.7 Å². The monoisotopic (exact) mass is 283 g/mol. The van der Waals surface area contributed by atoms with Crippen molar-refractivity contribution >= 4 is 22.7 Å². The van der Waals surface area contributed by atoms with Crippen LogP contribution in [-0.4, -0.2) is 31.8 Å². The Hall–Kier alpha value is -2.70. The van der Waals surface area contributed by atoms with Gasteiger partial charge in [0.15, 0.2) is 5.82 Å². The summed E-state index contributed by atoms with van der Waals surface area (Å²) in [6.07, 6.45) is 1.73. The fourth-order valence-corrected chi connectivity index (χ4v) is 2.17. The van der Waals surface area contributed by atoms with Crippen LogP contribution >= 0.6 is 0 Å². The molecule has 0 aliphatic heterocycles. The predicted molar refractivity (Wildman–Crippen MR) is 82.1 cm³/mol. The fraction of sp³-hybridized carbons (Fsp3) is 0.286. The summed E-state index contributed by atoms with van der Waals surface area (Å²) in [4.78, 5) is 8.92. The molecule has 0 unspecified atom stereocenters. The van der Waals surface area contributed by atoms with Gasteiger partial charge >= 0.3 is 0 Å². The lowest BCUT2D eigenvalue weighted by Gasteiger charge is -2.10. The van der Waals surface area contributed by atoms with E-state index in [9.17, 15) is 0 Å². The van der Waals surface area contributed by atoms with Gasteiger partial charge in [-0.2, -0.15) is 4.98 Å². The maximum absolute atomic E-state index is 4.48. The first-order chi connectivity index (χ1) is 10.3. The zero-order chi connectivity index (χ0) is 14.7. The average molecular weight is 283 g/mol. The lowest BCUT2D eigenvalue weighted by molar-refractivity contribution is 0.707. The molecule has 2 N–H and O–H groups in total. The Labute approximate surface area is 122 Å². The normalized spacial score (nSPS) is 10.8. The summed E-state index contributed by atoms with van der Waals surface area (Å²) in [5.74, 6) is 2.26. The number of hydrogen-bond donors (Lipinski definition) is 2. The van der Waals surface area contributed by atoms with Crippen molar-refractivity contribution in [3.8, 4) is 0 Å². The van der Waals surface area contributed by atoms with Crippen LogP contribution in [0.25, 0.3) is 10.9 Å². The molecule has 0 atom stereocenters. The molecule has 0 fully saturated rings. The smallest absolute Gasteiger partial charge is 0.224 e. The van der Waals surface area contributed by atoms with Gasteiger partial charge < -0.3 is 15.2 Å². The minimum atomic E-state index is 0.567. The molecule has 108 valence electrons. The molecule has 0 spiro atoms. The number of benzene rings is 1. The summed E-state index contributed by atoms with van der Waals surface area (Å²) < 4.78 is 2.00. The molecule has 0 aliphatic rings. The molecule has 0 aliphatic carbocycles. The third-order valence-electron chi connectivity index (χ3n) is 3.28. The second kappa shape index (κ2) is 5.74. The molecular weight excluding hydrogens is 266 g/mol. The maximum atomic E-state index is 4.48. The predicted octanol–water partition coefficient (Wildman–Crippen LogP) is 1.89. The first-order valence-corrected chi connectivity index (χ1v) is 6.87. The average Bonchev–Trinajstić information content (AvgIpc) is 2.99. The van der Waals surface area contributed by atoms with Crippen LogP contribution in [0.5, 0.6) is 0 Å². The van der Waals surface area contributed by atoms with Gasteiger partial charge in [-0.15, -0.1) is 10.2 Å². The van der Waals surface area contributed by atoms with E-state index in [0.29, 0.717) is 12.5 Å². The minimum absolute atomic E-state index is 0.567. The molecule has 2 aromatic heterocycles. The molecule has 0 radical (unpaired) electrons. The lowest BCUT2D eigenvalue weighted by Crippen LogP contribution is -2.10. The Kier molecular flexibility index (Phi) is 3.63. The van der Waals surface area contributed by atoms with Crippen LogP contribution < -0.4 is 10.6 Å². The summed E-state index contributed by atoms with van der Waals surface area (Å²) in [5.41, 5.74) is 0.899. The number of nitrogens with one attached hydrogen (secondary N) is 2. The van der Waals surface area contributed by atoms with Gasteiger partial charge in [0.05, 0.1) is 12.1 Å². The van der Waals surface area contributed by atoms with Crippen molar-refractivity contribution in [3.63, 3.8) is 0 Å². The van der Waals surface area contributed by atoms with Crippen molar-refractivity contribution in [2.45, 2.75) is 20.0 Å². The molecule has 7 heteroatoms. The van der Waals surface area contributed by atoms with Crippen LogP contribution in [0.15, 0.2) is 30.6 Å². The molecule has 3 aromatic rings. The van der Waals surface area contributed by atoms with Gasteiger partial charge in [0.1, 0.15) is 12.1 Å². The molecule has 3 rings (SSSR count). The summed E-state index contributed by atoms with van der Waals surface area (Å²) >= 11 is 0. The Morgan fingerprint density at radius 2 is 2.05 bits per heavy atom. The molecule has 0 saturated heterocycles. The van der Waals surface area contributed by atoms with Crippen molar-refractivity contribution in [2.24, 2.45) is 0 Å². The highest BCUT2D eigenvalue weighted by molar-refractivity contribution is 5.89. The van der Waals surface area contributed by atoms with Gasteiger partial charge in [-0.05, 0) is 19.1 Å². The topological polar surface area (TPSA) is 80.5 Å². The zero-order valence-electron chi connectivity index (χ0n) is 12.0. The third-order valence-corrected chi connectivity index (χ3v) is 3.28. The maximum Gasteiger partial charge on any atom is 0.224 e. The van der Waals surface area contributed by atoms with Gasteiger partial charge in [0.25, 0.3) is 0 Å². The lowest BCUT2D eigenvalue weighted by atomic mass is 10.2. The van der Waals surface area contributed by atoms with E-state index in [1.807, 2.05) is 35.9 Å². The van der Waals surface area contributed by atoms with Gasteiger partial charge in [-0.25, -0.2) is 4.98 Å². The number of hydrogen-bond acceptors (Lipinski definition) is 6.